The first kappa shape index (κ1) is 21.5. The van der Waals surface area contributed by atoms with Gasteiger partial charge in [-0.2, -0.15) is 5.10 Å². The molecule has 162 valence electrons. The van der Waals surface area contributed by atoms with Crippen molar-refractivity contribution in [1.29, 1.82) is 0 Å². The molecule has 0 saturated carbocycles. The van der Waals surface area contributed by atoms with Gasteiger partial charge in [-0.3, -0.25) is 9.89 Å². The highest BCUT2D eigenvalue weighted by atomic mass is 32.2. The standard InChI is InChI=1S/C23H20FN5O2S/c1-31-18-10-6-16(7-11-18)21-27-20(28-29-21)13-26-22(30)19-3-2-12-25-23(19)32-14-15-4-8-17(24)9-5-15/h2-12H,13-14H2,1H3,(H,26,30)(H,27,28,29). The van der Waals surface area contributed by atoms with E-state index in [-0.39, 0.29) is 18.3 Å². The van der Waals surface area contributed by atoms with Crippen LogP contribution < -0.4 is 10.1 Å². The number of rotatable bonds is 8. The third kappa shape index (κ3) is 5.30. The monoisotopic (exact) mass is 449 g/mol. The molecule has 2 N–H and O–H groups in total. The number of hydrogen-bond donors (Lipinski definition) is 2. The zero-order valence-corrected chi connectivity index (χ0v) is 18.0. The highest BCUT2D eigenvalue weighted by Crippen LogP contribution is 2.24. The molecular weight excluding hydrogens is 429 g/mol. The van der Waals surface area contributed by atoms with Crippen LogP contribution in [-0.4, -0.2) is 33.2 Å². The third-order valence-electron chi connectivity index (χ3n) is 4.60. The number of carbonyl (C=O) groups excluding carboxylic acids is 1. The maximum absolute atomic E-state index is 13.1. The summed E-state index contributed by atoms with van der Waals surface area (Å²) in [7, 11) is 1.61. The van der Waals surface area contributed by atoms with Crippen LogP contribution in [0, 0.1) is 5.82 Å². The van der Waals surface area contributed by atoms with Gasteiger partial charge in [-0.15, -0.1) is 11.8 Å². The molecule has 1 amide bonds. The van der Waals surface area contributed by atoms with E-state index in [1.54, 1.807) is 37.6 Å². The molecule has 0 radical (unpaired) electrons. The Morgan fingerprint density at radius 2 is 1.91 bits per heavy atom. The number of H-pyrrole nitrogens is 1. The summed E-state index contributed by atoms with van der Waals surface area (Å²) in [6.45, 7) is 0.193. The van der Waals surface area contributed by atoms with Crippen LogP contribution in [0.5, 0.6) is 5.75 Å². The molecular formula is C23H20FN5O2S. The first-order chi connectivity index (χ1) is 15.6. The Kier molecular flexibility index (Phi) is 6.76. The average molecular weight is 450 g/mol. The number of ether oxygens (including phenoxy) is 1. The van der Waals surface area contributed by atoms with Crippen molar-refractivity contribution < 1.29 is 13.9 Å². The molecule has 0 spiro atoms. The van der Waals surface area contributed by atoms with Gasteiger partial charge >= 0.3 is 0 Å². The van der Waals surface area contributed by atoms with E-state index >= 15 is 0 Å². The maximum Gasteiger partial charge on any atom is 0.254 e. The molecule has 0 fully saturated rings. The molecule has 0 aliphatic heterocycles. The first-order valence-corrected chi connectivity index (χ1v) is 10.8. The van der Waals surface area contributed by atoms with Gasteiger partial charge in [0.2, 0.25) is 0 Å². The number of amides is 1. The number of halogens is 1. The van der Waals surface area contributed by atoms with Gasteiger partial charge in [0.05, 0.1) is 19.2 Å². The second-order valence-corrected chi connectivity index (χ2v) is 7.75. The minimum Gasteiger partial charge on any atom is -0.497 e. The molecule has 4 rings (SSSR count). The van der Waals surface area contributed by atoms with E-state index in [0.717, 1.165) is 16.9 Å². The van der Waals surface area contributed by atoms with Crippen LogP contribution in [0.4, 0.5) is 4.39 Å². The summed E-state index contributed by atoms with van der Waals surface area (Å²) in [4.78, 5) is 21.5. The molecule has 4 aromatic rings. The van der Waals surface area contributed by atoms with E-state index < -0.39 is 0 Å². The summed E-state index contributed by atoms with van der Waals surface area (Å²) in [5.41, 5.74) is 2.25. The molecule has 0 aliphatic rings. The van der Waals surface area contributed by atoms with E-state index in [1.807, 2.05) is 24.3 Å². The van der Waals surface area contributed by atoms with Crippen molar-refractivity contribution in [2.75, 3.05) is 7.11 Å². The molecule has 2 aromatic carbocycles. The van der Waals surface area contributed by atoms with Crippen molar-refractivity contribution in [3.63, 3.8) is 0 Å². The maximum atomic E-state index is 13.1. The quantitative estimate of drug-likeness (QED) is 0.391. The van der Waals surface area contributed by atoms with Gasteiger partial charge in [-0.25, -0.2) is 14.4 Å². The Morgan fingerprint density at radius 1 is 1.12 bits per heavy atom. The van der Waals surface area contributed by atoms with Crippen LogP contribution in [0.15, 0.2) is 71.9 Å². The number of carbonyl (C=O) groups is 1. The van der Waals surface area contributed by atoms with Crippen LogP contribution in [0.1, 0.15) is 21.7 Å². The fourth-order valence-corrected chi connectivity index (χ4v) is 3.86. The van der Waals surface area contributed by atoms with Gasteiger partial charge in [-0.1, -0.05) is 12.1 Å². The zero-order valence-electron chi connectivity index (χ0n) is 17.2. The number of benzene rings is 2. The van der Waals surface area contributed by atoms with Crippen LogP contribution in [0.2, 0.25) is 0 Å². The lowest BCUT2D eigenvalue weighted by Gasteiger charge is -2.08. The lowest BCUT2D eigenvalue weighted by atomic mass is 10.2. The van der Waals surface area contributed by atoms with Crippen LogP contribution in [-0.2, 0) is 12.3 Å². The molecule has 2 aromatic heterocycles. The molecule has 7 nitrogen and oxygen atoms in total. The number of thioether (sulfide) groups is 1. The van der Waals surface area contributed by atoms with Gasteiger partial charge < -0.3 is 10.1 Å². The third-order valence-corrected chi connectivity index (χ3v) is 5.68. The summed E-state index contributed by atoms with van der Waals surface area (Å²) in [6.07, 6.45) is 1.64. The van der Waals surface area contributed by atoms with Crippen LogP contribution in [0.3, 0.4) is 0 Å². The molecule has 32 heavy (non-hydrogen) atoms. The number of hydrogen-bond acceptors (Lipinski definition) is 6. The average Bonchev–Trinajstić information content (AvgIpc) is 3.31. The smallest absolute Gasteiger partial charge is 0.254 e. The molecule has 9 heteroatoms. The number of nitrogens with one attached hydrogen (secondary N) is 2. The number of aromatic amines is 1. The number of methoxy groups -OCH3 is 1. The van der Waals surface area contributed by atoms with Crippen molar-refractivity contribution in [2.45, 2.75) is 17.3 Å². The normalized spacial score (nSPS) is 10.7. The van der Waals surface area contributed by atoms with Crippen molar-refractivity contribution in [2.24, 2.45) is 0 Å². The number of aromatic nitrogens is 4. The van der Waals surface area contributed by atoms with Crippen LogP contribution in [0.25, 0.3) is 11.4 Å². The van der Waals surface area contributed by atoms with Gasteiger partial charge in [0, 0.05) is 17.5 Å². The Hall–Kier alpha value is -3.72. The highest BCUT2D eigenvalue weighted by Gasteiger charge is 2.14. The Labute approximate surface area is 188 Å². The van der Waals surface area contributed by atoms with E-state index in [9.17, 15) is 9.18 Å². The number of nitrogens with zero attached hydrogens (tertiary/aromatic N) is 3. The van der Waals surface area contributed by atoms with E-state index in [1.165, 1.54) is 23.9 Å². The molecule has 0 unspecified atom stereocenters. The van der Waals surface area contributed by atoms with Gasteiger partial charge in [0.1, 0.15) is 22.4 Å². The summed E-state index contributed by atoms with van der Waals surface area (Å²) >= 11 is 1.42. The van der Waals surface area contributed by atoms with Gasteiger partial charge in [0.25, 0.3) is 5.91 Å². The van der Waals surface area contributed by atoms with E-state index in [2.05, 4.69) is 25.5 Å². The highest BCUT2D eigenvalue weighted by molar-refractivity contribution is 7.98. The summed E-state index contributed by atoms with van der Waals surface area (Å²) < 4.78 is 18.2. The minimum absolute atomic E-state index is 0.193. The second-order valence-electron chi connectivity index (χ2n) is 6.79. The van der Waals surface area contributed by atoms with Gasteiger partial charge in [-0.05, 0) is 54.1 Å². The van der Waals surface area contributed by atoms with Crippen molar-refractivity contribution >= 4 is 17.7 Å². The Bertz CT molecular complexity index is 1200. The van der Waals surface area contributed by atoms with E-state index in [4.69, 9.17) is 4.74 Å². The predicted molar refractivity (Wildman–Crippen MR) is 120 cm³/mol. The lowest BCUT2D eigenvalue weighted by molar-refractivity contribution is 0.0946. The summed E-state index contributed by atoms with van der Waals surface area (Å²) in [5, 5.41) is 10.5. The molecule has 2 heterocycles. The number of pyridine rings is 1. The zero-order chi connectivity index (χ0) is 22.3. The Balaban J connectivity index is 1.38. The molecule has 0 atom stereocenters. The van der Waals surface area contributed by atoms with E-state index in [0.29, 0.717) is 28.0 Å². The summed E-state index contributed by atoms with van der Waals surface area (Å²) in [6, 6.07) is 17.1. The summed E-state index contributed by atoms with van der Waals surface area (Å²) in [5.74, 6) is 1.86. The first-order valence-electron chi connectivity index (χ1n) is 9.78. The largest absolute Gasteiger partial charge is 0.497 e. The molecule has 0 aliphatic carbocycles. The van der Waals surface area contributed by atoms with Crippen molar-refractivity contribution in [1.82, 2.24) is 25.5 Å². The fraction of sp³-hybridized carbons (Fsp3) is 0.130. The molecule has 0 bridgehead atoms. The minimum atomic E-state index is -0.279. The fourth-order valence-electron chi connectivity index (χ4n) is 2.91. The lowest BCUT2D eigenvalue weighted by Crippen LogP contribution is -2.24. The molecule has 0 saturated heterocycles. The SMILES string of the molecule is COc1ccc(-c2n[nH]c(CNC(=O)c3cccnc3SCc3ccc(F)cc3)n2)cc1. The predicted octanol–water partition coefficient (Wildman–Crippen LogP) is 4.24. The topological polar surface area (TPSA) is 92.8 Å². The van der Waals surface area contributed by atoms with Crippen molar-refractivity contribution in [3.05, 3.63) is 89.6 Å². The second kappa shape index (κ2) is 10.1. The Morgan fingerprint density at radius 3 is 2.66 bits per heavy atom. The van der Waals surface area contributed by atoms with Crippen molar-refractivity contribution in [3.8, 4) is 17.1 Å². The van der Waals surface area contributed by atoms with Crippen LogP contribution >= 0.6 is 11.8 Å². The van der Waals surface area contributed by atoms with Gasteiger partial charge in [0.15, 0.2) is 5.82 Å².